The second-order valence-electron chi connectivity index (χ2n) is 3.16. The first-order valence-electron chi connectivity index (χ1n) is 4.72. The van der Waals surface area contributed by atoms with Crippen molar-refractivity contribution in [3.8, 4) is 0 Å². The van der Waals surface area contributed by atoms with Crippen LogP contribution < -0.4 is 0 Å². The number of esters is 1. The zero-order chi connectivity index (χ0) is 11.7. The molecule has 0 aromatic rings. The smallest absolute Gasteiger partial charge is 0.308 e. The molecule has 0 N–H and O–H groups in total. The standard InChI is InChI=1S/C10H16O5/c1-8(11)3-4-9(12)5-6-10(13)15-7-14-2/h3-7H2,1-2H3. The van der Waals surface area contributed by atoms with E-state index in [-0.39, 0.29) is 44.0 Å². The van der Waals surface area contributed by atoms with Gasteiger partial charge in [-0.1, -0.05) is 0 Å². The van der Waals surface area contributed by atoms with E-state index in [0.717, 1.165) is 0 Å². The highest BCUT2D eigenvalue weighted by atomic mass is 16.7. The van der Waals surface area contributed by atoms with Crippen LogP contribution in [0.4, 0.5) is 0 Å². The van der Waals surface area contributed by atoms with Crippen molar-refractivity contribution >= 4 is 17.5 Å². The Labute approximate surface area is 88.7 Å². The molecule has 15 heavy (non-hydrogen) atoms. The summed E-state index contributed by atoms with van der Waals surface area (Å²) in [5, 5.41) is 0. The largest absolute Gasteiger partial charge is 0.438 e. The molecule has 86 valence electrons. The molecule has 0 aromatic heterocycles. The summed E-state index contributed by atoms with van der Waals surface area (Å²) in [6.07, 6.45) is 0.606. The third-order valence-corrected chi connectivity index (χ3v) is 1.70. The predicted molar refractivity (Wildman–Crippen MR) is 52.1 cm³/mol. The van der Waals surface area contributed by atoms with Crippen LogP contribution in [0.1, 0.15) is 32.6 Å². The molecule has 0 amide bonds. The summed E-state index contributed by atoms with van der Waals surface area (Å²) < 4.78 is 9.11. The van der Waals surface area contributed by atoms with Crippen molar-refractivity contribution in [3.05, 3.63) is 0 Å². The third-order valence-electron chi connectivity index (χ3n) is 1.70. The summed E-state index contributed by atoms with van der Waals surface area (Å²) in [4.78, 5) is 32.6. The van der Waals surface area contributed by atoms with Gasteiger partial charge in [0.15, 0.2) is 6.79 Å². The monoisotopic (exact) mass is 216 g/mol. The molecule has 0 radical (unpaired) electrons. The highest BCUT2D eigenvalue weighted by Crippen LogP contribution is 2.00. The van der Waals surface area contributed by atoms with Crippen molar-refractivity contribution in [2.24, 2.45) is 0 Å². The molecule has 0 aliphatic heterocycles. The summed E-state index contributed by atoms with van der Waals surface area (Å²) in [5.74, 6) is -0.585. The number of ketones is 2. The summed E-state index contributed by atoms with van der Waals surface area (Å²) in [7, 11) is 1.41. The highest BCUT2D eigenvalue weighted by Gasteiger charge is 2.08. The Morgan fingerprint density at radius 2 is 1.60 bits per heavy atom. The average molecular weight is 216 g/mol. The zero-order valence-electron chi connectivity index (χ0n) is 9.08. The van der Waals surface area contributed by atoms with Gasteiger partial charge < -0.3 is 14.3 Å². The quantitative estimate of drug-likeness (QED) is 0.444. The van der Waals surface area contributed by atoms with Gasteiger partial charge in [-0.3, -0.25) is 9.59 Å². The van der Waals surface area contributed by atoms with Crippen LogP contribution in [-0.4, -0.2) is 31.4 Å². The lowest BCUT2D eigenvalue weighted by atomic mass is 10.1. The molecule has 0 saturated heterocycles. The Morgan fingerprint density at radius 1 is 1.00 bits per heavy atom. The normalized spacial score (nSPS) is 9.73. The summed E-state index contributed by atoms with van der Waals surface area (Å²) in [6.45, 7) is 1.33. The number of carbonyl (C=O) groups excluding carboxylic acids is 3. The van der Waals surface area contributed by atoms with Crippen LogP contribution in [0.15, 0.2) is 0 Å². The first-order chi connectivity index (χ1) is 7.06. The van der Waals surface area contributed by atoms with Crippen LogP contribution in [0.5, 0.6) is 0 Å². The maximum absolute atomic E-state index is 11.1. The van der Waals surface area contributed by atoms with Gasteiger partial charge in [0.05, 0.1) is 6.42 Å². The first-order valence-corrected chi connectivity index (χ1v) is 4.72. The van der Waals surface area contributed by atoms with Gasteiger partial charge in [-0.2, -0.15) is 0 Å². The maximum Gasteiger partial charge on any atom is 0.308 e. The molecular formula is C10H16O5. The van der Waals surface area contributed by atoms with Crippen LogP contribution in [0.3, 0.4) is 0 Å². The number of ether oxygens (including phenoxy) is 2. The predicted octanol–water partition coefficient (Wildman–Crippen LogP) is 0.852. The number of rotatable bonds is 8. The van der Waals surface area contributed by atoms with E-state index < -0.39 is 5.97 Å². The topological polar surface area (TPSA) is 69.7 Å². The SMILES string of the molecule is COCOC(=O)CCC(=O)CCC(C)=O. The van der Waals surface area contributed by atoms with E-state index in [4.69, 9.17) is 0 Å². The number of carbonyl (C=O) groups is 3. The molecule has 0 heterocycles. The molecule has 0 fully saturated rings. The lowest BCUT2D eigenvalue weighted by Gasteiger charge is -2.02. The van der Waals surface area contributed by atoms with E-state index >= 15 is 0 Å². The van der Waals surface area contributed by atoms with Gasteiger partial charge in [0.1, 0.15) is 11.6 Å². The van der Waals surface area contributed by atoms with Crippen molar-refractivity contribution in [1.82, 2.24) is 0 Å². The minimum atomic E-state index is -0.465. The number of Topliss-reactive ketones (excluding diaryl/α,β-unsaturated/α-hetero) is 2. The van der Waals surface area contributed by atoms with E-state index in [2.05, 4.69) is 9.47 Å². The Hall–Kier alpha value is -1.23. The van der Waals surface area contributed by atoms with Gasteiger partial charge in [0, 0.05) is 26.4 Å². The molecular weight excluding hydrogens is 200 g/mol. The summed E-state index contributed by atoms with van der Waals surface area (Å²) >= 11 is 0. The molecule has 0 aliphatic rings. The Balaban J connectivity index is 3.53. The molecule has 0 spiro atoms. The fourth-order valence-electron chi connectivity index (χ4n) is 0.879. The molecule has 0 bridgehead atoms. The van der Waals surface area contributed by atoms with Gasteiger partial charge in [-0.05, 0) is 6.92 Å². The Kier molecular flexibility index (Phi) is 7.44. The van der Waals surface area contributed by atoms with Gasteiger partial charge in [0.2, 0.25) is 0 Å². The lowest BCUT2D eigenvalue weighted by Crippen LogP contribution is -2.10. The molecule has 0 unspecified atom stereocenters. The first kappa shape index (κ1) is 13.8. The molecule has 0 aromatic carbocycles. The van der Waals surface area contributed by atoms with Gasteiger partial charge in [-0.25, -0.2) is 0 Å². The minimum absolute atomic E-state index is 0.0229. The average Bonchev–Trinajstić information content (AvgIpc) is 2.20. The molecule has 0 aliphatic carbocycles. The van der Waals surface area contributed by atoms with E-state index in [9.17, 15) is 14.4 Å². The second-order valence-corrected chi connectivity index (χ2v) is 3.16. The van der Waals surface area contributed by atoms with Crippen molar-refractivity contribution in [2.75, 3.05) is 13.9 Å². The molecule has 0 atom stereocenters. The Bertz CT molecular complexity index is 234. The molecule has 0 rings (SSSR count). The fraction of sp³-hybridized carbons (Fsp3) is 0.700. The Morgan fingerprint density at radius 3 is 2.13 bits per heavy atom. The van der Waals surface area contributed by atoms with Crippen LogP contribution in [-0.2, 0) is 23.9 Å². The van der Waals surface area contributed by atoms with E-state index in [0.29, 0.717) is 0 Å². The lowest BCUT2D eigenvalue weighted by molar-refractivity contribution is -0.154. The maximum atomic E-state index is 11.1. The van der Waals surface area contributed by atoms with Crippen LogP contribution in [0, 0.1) is 0 Å². The number of hydrogen-bond acceptors (Lipinski definition) is 5. The summed E-state index contributed by atoms with van der Waals surface area (Å²) in [5.41, 5.74) is 0. The molecule has 5 nitrogen and oxygen atoms in total. The molecule has 5 heteroatoms. The second kappa shape index (κ2) is 8.11. The van der Waals surface area contributed by atoms with Crippen molar-refractivity contribution in [2.45, 2.75) is 32.6 Å². The third kappa shape index (κ3) is 9.08. The van der Waals surface area contributed by atoms with Crippen molar-refractivity contribution < 1.29 is 23.9 Å². The highest BCUT2D eigenvalue weighted by molar-refractivity contribution is 5.86. The van der Waals surface area contributed by atoms with Gasteiger partial charge in [0.25, 0.3) is 0 Å². The number of hydrogen-bond donors (Lipinski definition) is 0. The van der Waals surface area contributed by atoms with E-state index in [1.54, 1.807) is 0 Å². The van der Waals surface area contributed by atoms with Gasteiger partial charge >= 0.3 is 5.97 Å². The van der Waals surface area contributed by atoms with E-state index in [1.807, 2.05) is 0 Å². The molecule has 0 saturated carbocycles. The van der Waals surface area contributed by atoms with Crippen LogP contribution in [0.25, 0.3) is 0 Å². The number of methoxy groups -OCH3 is 1. The van der Waals surface area contributed by atoms with Crippen molar-refractivity contribution in [3.63, 3.8) is 0 Å². The van der Waals surface area contributed by atoms with E-state index in [1.165, 1.54) is 14.0 Å². The van der Waals surface area contributed by atoms with Crippen LogP contribution >= 0.6 is 0 Å². The van der Waals surface area contributed by atoms with Crippen LogP contribution in [0.2, 0.25) is 0 Å². The fourth-order valence-corrected chi connectivity index (χ4v) is 0.879. The summed E-state index contributed by atoms with van der Waals surface area (Å²) in [6, 6.07) is 0. The minimum Gasteiger partial charge on any atom is -0.438 e. The van der Waals surface area contributed by atoms with Crippen molar-refractivity contribution in [1.29, 1.82) is 0 Å². The van der Waals surface area contributed by atoms with Gasteiger partial charge in [-0.15, -0.1) is 0 Å². The zero-order valence-corrected chi connectivity index (χ0v) is 9.08.